The summed E-state index contributed by atoms with van der Waals surface area (Å²) in [6.07, 6.45) is 0. The van der Waals surface area contributed by atoms with Gasteiger partial charge in [-0.25, -0.2) is 4.90 Å². The summed E-state index contributed by atoms with van der Waals surface area (Å²) in [5, 5.41) is 5.61. The van der Waals surface area contributed by atoms with Crippen LogP contribution in [0.5, 0.6) is 11.5 Å². The smallest absolute Gasteiger partial charge is 0.283 e. The second-order valence-corrected chi connectivity index (χ2v) is 8.98. The Morgan fingerprint density at radius 2 is 1.59 bits per heavy atom. The van der Waals surface area contributed by atoms with Crippen LogP contribution in [0.2, 0.25) is 0 Å². The molecule has 3 amide bonds. The summed E-state index contributed by atoms with van der Waals surface area (Å²) in [6, 6.07) is 15.5. The van der Waals surface area contributed by atoms with Crippen molar-refractivity contribution in [3.05, 3.63) is 87.6 Å². The molecule has 0 aromatic heterocycles. The number of ether oxygens (including phenoxy) is 2. The van der Waals surface area contributed by atoms with Crippen LogP contribution in [-0.2, 0) is 9.59 Å². The lowest BCUT2D eigenvalue weighted by molar-refractivity contribution is -0.120. The zero-order valence-corrected chi connectivity index (χ0v) is 21.8. The molecule has 0 aliphatic carbocycles. The van der Waals surface area contributed by atoms with Crippen LogP contribution in [0.4, 0.5) is 17.1 Å². The highest BCUT2D eigenvalue weighted by Crippen LogP contribution is 2.38. The molecular weight excluding hydrogens is 494 g/mol. The van der Waals surface area contributed by atoms with E-state index in [2.05, 4.69) is 10.6 Å². The molecule has 0 radical (unpaired) electrons. The van der Waals surface area contributed by atoms with Crippen LogP contribution in [0.3, 0.4) is 0 Å². The maximum Gasteiger partial charge on any atom is 0.283 e. The molecule has 0 bridgehead atoms. The number of nitrogens with zero attached hydrogens (tertiary/aromatic N) is 1. The monoisotopic (exact) mass is 519 g/mol. The number of carbonyl (C=O) groups is 3. The minimum Gasteiger partial charge on any atom is -0.497 e. The highest BCUT2D eigenvalue weighted by Gasteiger charge is 2.40. The number of anilines is 3. The normalized spacial score (nSPS) is 13.2. The van der Waals surface area contributed by atoms with E-state index >= 15 is 0 Å². The van der Waals surface area contributed by atoms with Crippen molar-refractivity contribution in [2.75, 3.05) is 29.8 Å². The number of aryl methyl sites for hydroxylation is 3. The Morgan fingerprint density at radius 1 is 0.838 bits per heavy atom. The lowest BCUT2D eigenvalue weighted by Crippen LogP contribution is -2.32. The van der Waals surface area contributed by atoms with Gasteiger partial charge in [-0.05, 0) is 62.2 Å². The number of carbonyl (C=O) groups excluding carboxylic acids is 3. The van der Waals surface area contributed by atoms with Gasteiger partial charge in [0.1, 0.15) is 22.2 Å². The third kappa shape index (κ3) is 5.01. The van der Waals surface area contributed by atoms with E-state index in [0.717, 1.165) is 21.6 Å². The molecule has 0 saturated carbocycles. The number of hydrogen-bond acceptors (Lipinski definition) is 6. The van der Waals surface area contributed by atoms with Crippen LogP contribution >= 0.6 is 11.6 Å². The fourth-order valence-electron chi connectivity index (χ4n) is 3.98. The van der Waals surface area contributed by atoms with E-state index in [-0.39, 0.29) is 28.1 Å². The Kier molecular flexibility index (Phi) is 7.22. The molecule has 0 unspecified atom stereocenters. The summed E-state index contributed by atoms with van der Waals surface area (Å²) < 4.78 is 10.6. The highest BCUT2D eigenvalue weighted by molar-refractivity contribution is 6.53. The number of benzene rings is 3. The lowest BCUT2D eigenvalue weighted by atomic mass is 10.1. The molecule has 3 aromatic carbocycles. The predicted octanol–water partition coefficient (Wildman–Crippen LogP) is 5.32. The maximum absolute atomic E-state index is 13.3. The van der Waals surface area contributed by atoms with Crippen molar-refractivity contribution in [1.82, 2.24) is 0 Å². The second kappa shape index (κ2) is 10.4. The summed E-state index contributed by atoms with van der Waals surface area (Å²) in [4.78, 5) is 40.2. The number of methoxy groups -OCH3 is 2. The third-order valence-corrected chi connectivity index (χ3v) is 6.40. The largest absolute Gasteiger partial charge is 0.497 e. The fourth-order valence-corrected chi connectivity index (χ4v) is 4.19. The fraction of sp³-hybridized carbons (Fsp3) is 0.179. The molecule has 8 nitrogen and oxygen atoms in total. The van der Waals surface area contributed by atoms with E-state index in [0.29, 0.717) is 22.7 Å². The summed E-state index contributed by atoms with van der Waals surface area (Å²) in [6.45, 7) is 5.72. The van der Waals surface area contributed by atoms with Gasteiger partial charge in [0.25, 0.3) is 17.7 Å². The quantitative estimate of drug-likeness (QED) is 0.410. The molecule has 9 heteroatoms. The topological polar surface area (TPSA) is 97.0 Å². The van der Waals surface area contributed by atoms with E-state index in [1.54, 1.807) is 36.4 Å². The van der Waals surface area contributed by atoms with Crippen molar-refractivity contribution in [3.8, 4) is 11.5 Å². The first-order valence-corrected chi connectivity index (χ1v) is 11.8. The molecule has 3 aromatic rings. The van der Waals surface area contributed by atoms with Gasteiger partial charge >= 0.3 is 0 Å². The van der Waals surface area contributed by atoms with Crippen molar-refractivity contribution < 1.29 is 23.9 Å². The first kappa shape index (κ1) is 25.8. The van der Waals surface area contributed by atoms with E-state index in [9.17, 15) is 14.4 Å². The SMILES string of the molecule is COc1ccc(N2C(=O)C(Cl)=C(Nc3cc(C(=O)Nc4ccc(C)cc4C)ccc3C)C2=O)c(OC)c1. The third-order valence-electron chi connectivity index (χ3n) is 6.04. The first-order chi connectivity index (χ1) is 17.6. The Hall–Kier alpha value is -4.30. The van der Waals surface area contributed by atoms with Gasteiger partial charge in [-0.15, -0.1) is 0 Å². The van der Waals surface area contributed by atoms with Crippen molar-refractivity contribution in [2.24, 2.45) is 0 Å². The molecule has 37 heavy (non-hydrogen) atoms. The Balaban J connectivity index is 1.60. The second-order valence-electron chi connectivity index (χ2n) is 8.60. The molecule has 2 N–H and O–H groups in total. The van der Waals surface area contributed by atoms with E-state index in [4.69, 9.17) is 21.1 Å². The van der Waals surface area contributed by atoms with Crippen molar-refractivity contribution >= 4 is 46.4 Å². The summed E-state index contributed by atoms with van der Waals surface area (Å²) in [7, 11) is 2.93. The number of amides is 3. The van der Waals surface area contributed by atoms with Gasteiger partial charge in [0.2, 0.25) is 0 Å². The molecule has 1 heterocycles. The number of nitrogens with one attached hydrogen (secondary N) is 2. The van der Waals surface area contributed by atoms with Crippen molar-refractivity contribution in [3.63, 3.8) is 0 Å². The van der Waals surface area contributed by atoms with Gasteiger partial charge < -0.3 is 20.1 Å². The van der Waals surface area contributed by atoms with Crippen molar-refractivity contribution in [1.29, 1.82) is 0 Å². The number of rotatable bonds is 7. The minimum absolute atomic E-state index is 0.0976. The van der Waals surface area contributed by atoms with Gasteiger partial charge in [-0.2, -0.15) is 0 Å². The molecular formula is C28H26ClN3O5. The Bertz CT molecular complexity index is 1460. The van der Waals surface area contributed by atoms with E-state index < -0.39 is 11.8 Å². The first-order valence-electron chi connectivity index (χ1n) is 11.4. The molecule has 4 rings (SSSR count). The number of hydrogen-bond donors (Lipinski definition) is 2. The van der Waals surface area contributed by atoms with Crippen molar-refractivity contribution in [2.45, 2.75) is 20.8 Å². The van der Waals surface area contributed by atoms with Crippen LogP contribution in [0, 0.1) is 20.8 Å². The average molecular weight is 520 g/mol. The molecule has 1 aliphatic heterocycles. The van der Waals surface area contributed by atoms with Gasteiger partial charge in [0.05, 0.1) is 19.9 Å². The van der Waals surface area contributed by atoms with Crippen LogP contribution in [0.1, 0.15) is 27.0 Å². The molecule has 1 aliphatic rings. The van der Waals surface area contributed by atoms with Gasteiger partial charge in [-0.3, -0.25) is 14.4 Å². The molecule has 0 fully saturated rings. The lowest BCUT2D eigenvalue weighted by Gasteiger charge is -2.19. The number of halogens is 1. The standard InChI is InChI=1S/C28H26ClN3O5/c1-15-6-10-20(17(3)12-15)31-26(33)18-8-7-16(2)21(13-18)30-25-24(29)27(34)32(28(25)35)22-11-9-19(36-4)14-23(22)37-5/h6-14,30H,1-5H3,(H,31,33). The maximum atomic E-state index is 13.3. The zero-order valence-electron chi connectivity index (χ0n) is 21.1. The molecule has 0 atom stereocenters. The molecule has 0 spiro atoms. The molecule has 0 saturated heterocycles. The van der Waals surface area contributed by atoms with Gasteiger partial charge in [0, 0.05) is 23.0 Å². The van der Waals surface area contributed by atoms with Crippen LogP contribution in [-0.4, -0.2) is 31.9 Å². The van der Waals surface area contributed by atoms with Gasteiger partial charge in [-0.1, -0.05) is 35.4 Å². The summed E-state index contributed by atoms with van der Waals surface area (Å²) >= 11 is 6.32. The predicted molar refractivity (Wildman–Crippen MR) is 144 cm³/mol. The summed E-state index contributed by atoms with van der Waals surface area (Å²) in [5.41, 5.74) is 4.46. The van der Waals surface area contributed by atoms with Crippen LogP contribution in [0.15, 0.2) is 65.3 Å². The van der Waals surface area contributed by atoms with Gasteiger partial charge in [0.15, 0.2) is 0 Å². The number of imide groups is 1. The van der Waals surface area contributed by atoms with Crippen LogP contribution in [0.25, 0.3) is 0 Å². The van der Waals surface area contributed by atoms with E-state index in [1.807, 2.05) is 39.0 Å². The average Bonchev–Trinajstić information content (AvgIpc) is 3.09. The molecule has 190 valence electrons. The Morgan fingerprint density at radius 3 is 2.27 bits per heavy atom. The highest BCUT2D eigenvalue weighted by atomic mass is 35.5. The minimum atomic E-state index is -0.695. The summed E-state index contributed by atoms with van der Waals surface area (Å²) in [5.74, 6) is -0.882. The van der Waals surface area contributed by atoms with Crippen LogP contribution < -0.4 is 25.0 Å². The Labute approximate surface area is 219 Å². The van der Waals surface area contributed by atoms with E-state index in [1.165, 1.54) is 14.2 Å². The zero-order chi connectivity index (χ0) is 26.9.